The molecule has 2 heterocycles. The number of hydrogen-bond donors (Lipinski definition) is 0. The van der Waals surface area contributed by atoms with E-state index in [-0.39, 0.29) is 6.04 Å². The summed E-state index contributed by atoms with van der Waals surface area (Å²) in [7, 11) is 0. The molecule has 2 fully saturated rings. The Kier molecular flexibility index (Phi) is 3.65. The van der Waals surface area contributed by atoms with Crippen LogP contribution in [0.4, 0.5) is 0 Å². The van der Waals surface area contributed by atoms with Crippen molar-refractivity contribution in [3.8, 4) is 0 Å². The highest BCUT2D eigenvalue weighted by molar-refractivity contribution is 5.83. The average Bonchev–Trinajstić information content (AvgIpc) is 2.72. The largest absolute Gasteiger partial charge is 0.298 e. The van der Waals surface area contributed by atoms with Gasteiger partial charge in [-0.3, -0.25) is 14.6 Å². The molecule has 16 heavy (non-hydrogen) atoms. The van der Waals surface area contributed by atoms with Crippen molar-refractivity contribution in [3.05, 3.63) is 0 Å². The predicted molar refractivity (Wildman–Crippen MR) is 65.5 cm³/mol. The summed E-state index contributed by atoms with van der Waals surface area (Å²) in [5.74, 6) is 0.387. The van der Waals surface area contributed by atoms with E-state index < -0.39 is 0 Å². The van der Waals surface area contributed by atoms with Crippen molar-refractivity contribution >= 4 is 5.78 Å². The number of piperazine rings is 1. The molecule has 0 aliphatic carbocycles. The van der Waals surface area contributed by atoms with Crippen molar-refractivity contribution in [1.29, 1.82) is 0 Å². The Morgan fingerprint density at radius 1 is 1.44 bits per heavy atom. The normalized spacial score (nSPS) is 33.7. The van der Waals surface area contributed by atoms with E-state index in [0.29, 0.717) is 24.3 Å². The lowest BCUT2D eigenvalue weighted by molar-refractivity contribution is -0.125. The van der Waals surface area contributed by atoms with Gasteiger partial charge in [0.15, 0.2) is 0 Å². The van der Waals surface area contributed by atoms with Crippen molar-refractivity contribution in [1.82, 2.24) is 9.80 Å². The molecule has 0 saturated carbocycles. The highest BCUT2D eigenvalue weighted by Gasteiger charge is 2.37. The number of Topliss-reactive ketones (excluding diaryl/α,β-unsaturated/α-hetero) is 1. The molecule has 0 amide bonds. The second-order valence-corrected chi connectivity index (χ2v) is 5.33. The van der Waals surface area contributed by atoms with Crippen LogP contribution < -0.4 is 0 Å². The van der Waals surface area contributed by atoms with Crippen LogP contribution in [0.5, 0.6) is 0 Å². The van der Waals surface area contributed by atoms with Gasteiger partial charge in [0.1, 0.15) is 5.78 Å². The van der Waals surface area contributed by atoms with Gasteiger partial charge in [0.2, 0.25) is 0 Å². The highest BCUT2D eigenvalue weighted by Crippen LogP contribution is 2.26. The summed E-state index contributed by atoms with van der Waals surface area (Å²) in [6, 6.07) is 1.35. The minimum absolute atomic E-state index is 0.114. The number of rotatable bonds is 3. The molecule has 2 saturated heterocycles. The van der Waals surface area contributed by atoms with E-state index in [2.05, 4.69) is 23.6 Å². The van der Waals surface area contributed by atoms with Crippen LogP contribution in [-0.4, -0.2) is 53.3 Å². The molecule has 3 unspecified atom stereocenters. The molecule has 3 atom stereocenters. The second-order valence-electron chi connectivity index (χ2n) is 5.33. The Morgan fingerprint density at radius 3 is 2.88 bits per heavy atom. The first-order valence-electron chi connectivity index (χ1n) is 6.66. The summed E-state index contributed by atoms with van der Waals surface area (Å²) in [6.07, 6.45) is 3.32. The summed E-state index contributed by atoms with van der Waals surface area (Å²) in [5.41, 5.74) is 0. The first kappa shape index (κ1) is 12.1. The number of fused-ring (bicyclic) bond motifs is 1. The Morgan fingerprint density at radius 2 is 2.19 bits per heavy atom. The van der Waals surface area contributed by atoms with Gasteiger partial charge >= 0.3 is 0 Å². The molecule has 2 rings (SSSR count). The molecule has 2 aliphatic heterocycles. The van der Waals surface area contributed by atoms with E-state index in [1.54, 1.807) is 0 Å². The topological polar surface area (TPSA) is 23.6 Å². The van der Waals surface area contributed by atoms with Gasteiger partial charge in [-0.25, -0.2) is 0 Å². The first-order chi connectivity index (χ1) is 7.63. The van der Waals surface area contributed by atoms with Crippen molar-refractivity contribution in [2.24, 2.45) is 0 Å². The fourth-order valence-corrected chi connectivity index (χ4v) is 3.23. The van der Waals surface area contributed by atoms with E-state index >= 15 is 0 Å². The fraction of sp³-hybridized carbons (Fsp3) is 0.923. The predicted octanol–water partition coefficient (Wildman–Crippen LogP) is 1.52. The van der Waals surface area contributed by atoms with Gasteiger partial charge in [0.25, 0.3) is 0 Å². The minimum atomic E-state index is 0.114. The zero-order valence-corrected chi connectivity index (χ0v) is 10.8. The number of hydrogen-bond acceptors (Lipinski definition) is 3. The number of nitrogens with zero attached hydrogens (tertiary/aromatic N) is 2. The average molecular weight is 224 g/mol. The van der Waals surface area contributed by atoms with E-state index in [9.17, 15) is 4.79 Å². The van der Waals surface area contributed by atoms with Gasteiger partial charge in [-0.15, -0.1) is 0 Å². The summed E-state index contributed by atoms with van der Waals surface area (Å²) in [5, 5.41) is 0. The van der Waals surface area contributed by atoms with Crippen LogP contribution in [0.1, 0.15) is 40.0 Å². The molecular weight excluding hydrogens is 200 g/mol. The van der Waals surface area contributed by atoms with Gasteiger partial charge in [-0.2, -0.15) is 0 Å². The van der Waals surface area contributed by atoms with E-state index in [0.717, 1.165) is 13.1 Å². The molecule has 0 bridgehead atoms. The van der Waals surface area contributed by atoms with Crippen LogP contribution >= 0.6 is 0 Å². The van der Waals surface area contributed by atoms with Crippen molar-refractivity contribution in [2.75, 3.05) is 19.6 Å². The van der Waals surface area contributed by atoms with Gasteiger partial charge in [-0.1, -0.05) is 6.92 Å². The molecule has 0 aromatic heterocycles. The zero-order valence-electron chi connectivity index (χ0n) is 10.8. The third kappa shape index (κ3) is 2.16. The minimum Gasteiger partial charge on any atom is -0.298 e. The summed E-state index contributed by atoms with van der Waals surface area (Å²) in [6.45, 7) is 9.80. The molecular formula is C13H24N2O. The van der Waals surface area contributed by atoms with E-state index in [1.807, 2.05) is 6.92 Å². The maximum Gasteiger partial charge on any atom is 0.149 e. The Hall–Kier alpha value is -0.410. The molecule has 0 aromatic carbocycles. The molecule has 3 heteroatoms. The summed E-state index contributed by atoms with van der Waals surface area (Å²) >= 11 is 0. The standard InChI is InChI=1S/C13H24N2O/c1-4-13(16)11(3)15-9-12-6-5-7-14(12)8-10(15)2/h10-12H,4-9H2,1-3H3. The van der Waals surface area contributed by atoms with Gasteiger partial charge in [0, 0.05) is 31.6 Å². The first-order valence-corrected chi connectivity index (χ1v) is 6.66. The molecule has 3 nitrogen and oxygen atoms in total. The van der Waals surface area contributed by atoms with Crippen LogP contribution in [0.15, 0.2) is 0 Å². The third-order valence-electron chi connectivity index (χ3n) is 4.30. The van der Waals surface area contributed by atoms with Crippen molar-refractivity contribution < 1.29 is 4.79 Å². The molecule has 0 aromatic rings. The molecule has 92 valence electrons. The Labute approximate surface area is 98.8 Å². The van der Waals surface area contributed by atoms with Gasteiger partial charge in [-0.05, 0) is 33.2 Å². The molecule has 0 N–H and O–H groups in total. The molecule has 2 aliphatic rings. The Bertz CT molecular complexity index is 267. The quantitative estimate of drug-likeness (QED) is 0.726. The van der Waals surface area contributed by atoms with Crippen LogP contribution in [0, 0.1) is 0 Å². The van der Waals surface area contributed by atoms with E-state index in [1.165, 1.54) is 19.4 Å². The third-order valence-corrected chi connectivity index (χ3v) is 4.30. The maximum atomic E-state index is 11.8. The lowest BCUT2D eigenvalue weighted by Gasteiger charge is -2.44. The van der Waals surface area contributed by atoms with Crippen LogP contribution in [0.3, 0.4) is 0 Å². The van der Waals surface area contributed by atoms with Crippen molar-refractivity contribution in [2.45, 2.75) is 58.2 Å². The number of ketones is 1. The van der Waals surface area contributed by atoms with Crippen LogP contribution in [0.2, 0.25) is 0 Å². The maximum absolute atomic E-state index is 11.8. The van der Waals surface area contributed by atoms with Gasteiger partial charge in [0.05, 0.1) is 6.04 Å². The lowest BCUT2D eigenvalue weighted by Crippen LogP contribution is -2.58. The lowest BCUT2D eigenvalue weighted by atomic mass is 10.0. The monoisotopic (exact) mass is 224 g/mol. The molecule has 0 radical (unpaired) electrons. The number of carbonyl (C=O) groups is 1. The number of carbonyl (C=O) groups excluding carboxylic acids is 1. The van der Waals surface area contributed by atoms with Crippen LogP contribution in [-0.2, 0) is 4.79 Å². The van der Waals surface area contributed by atoms with Crippen molar-refractivity contribution in [3.63, 3.8) is 0 Å². The fourth-order valence-electron chi connectivity index (χ4n) is 3.23. The van der Waals surface area contributed by atoms with Gasteiger partial charge < -0.3 is 0 Å². The highest BCUT2D eigenvalue weighted by atomic mass is 16.1. The van der Waals surface area contributed by atoms with E-state index in [4.69, 9.17) is 0 Å². The van der Waals surface area contributed by atoms with Crippen LogP contribution in [0.25, 0.3) is 0 Å². The summed E-state index contributed by atoms with van der Waals surface area (Å²) in [4.78, 5) is 16.8. The summed E-state index contributed by atoms with van der Waals surface area (Å²) < 4.78 is 0. The Balaban J connectivity index is 2.01. The molecule has 0 spiro atoms. The zero-order chi connectivity index (χ0) is 11.7. The smallest absolute Gasteiger partial charge is 0.149 e. The second kappa shape index (κ2) is 4.84. The SMILES string of the molecule is CCC(=O)C(C)N1CC2CCCN2CC1C.